The lowest BCUT2D eigenvalue weighted by atomic mass is 9.63. The van der Waals surface area contributed by atoms with Gasteiger partial charge in [0.1, 0.15) is 0 Å². The van der Waals surface area contributed by atoms with Crippen molar-refractivity contribution in [2.24, 2.45) is 35.5 Å². The molecule has 0 spiro atoms. The Kier molecular flexibility index (Phi) is 4.11. The number of rotatable bonds is 3. The molecule has 31 heavy (non-hydrogen) atoms. The van der Waals surface area contributed by atoms with Crippen molar-refractivity contribution in [2.75, 3.05) is 10.2 Å². The molecule has 2 bridgehead atoms. The maximum Gasteiger partial charge on any atom is 0.255 e. The van der Waals surface area contributed by atoms with Gasteiger partial charge in [-0.05, 0) is 66.5 Å². The van der Waals surface area contributed by atoms with Crippen LogP contribution in [0.4, 0.5) is 11.4 Å². The lowest BCUT2D eigenvalue weighted by molar-refractivity contribution is -0.124. The summed E-state index contributed by atoms with van der Waals surface area (Å²) < 4.78 is 0. The lowest BCUT2D eigenvalue weighted by Gasteiger charge is -2.37. The van der Waals surface area contributed by atoms with Gasteiger partial charge in [0.05, 0.1) is 33.3 Å². The number of benzene rings is 2. The monoisotopic (exact) mass is 452 g/mol. The van der Waals surface area contributed by atoms with Crippen LogP contribution in [0.3, 0.4) is 0 Å². The van der Waals surface area contributed by atoms with Crippen LogP contribution in [0.5, 0.6) is 0 Å². The van der Waals surface area contributed by atoms with E-state index in [0.29, 0.717) is 33.8 Å². The molecule has 1 aliphatic heterocycles. The largest absolute Gasteiger partial charge is 0.321 e. The summed E-state index contributed by atoms with van der Waals surface area (Å²) in [6.45, 7) is 0. The van der Waals surface area contributed by atoms with Gasteiger partial charge in [0.15, 0.2) is 0 Å². The Hall–Kier alpha value is -2.63. The van der Waals surface area contributed by atoms with Gasteiger partial charge in [-0.1, -0.05) is 41.4 Å². The van der Waals surface area contributed by atoms with Gasteiger partial charge in [-0.25, -0.2) is 0 Å². The van der Waals surface area contributed by atoms with Crippen molar-refractivity contribution in [3.63, 3.8) is 0 Å². The van der Waals surface area contributed by atoms with Gasteiger partial charge >= 0.3 is 0 Å². The summed E-state index contributed by atoms with van der Waals surface area (Å²) in [6.07, 6.45) is 5.45. The smallest absolute Gasteiger partial charge is 0.255 e. The average Bonchev–Trinajstić information content (AvgIpc) is 3.55. The Morgan fingerprint density at radius 1 is 0.903 bits per heavy atom. The van der Waals surface area contributed by atoms with Crippen LogP contribution in [0.25, 0.3) is 0 Å². The second kappa shape index (κ2) is 6.68. The highest BCUT2D eigenvalue weighted by Gasteiger charge is 2.67. The van der Waals surface area contributed by atoms with Crippen LogP contribution in [0, 0.1) is 35.5 Å². The fraction of sp³-hybridized carbons (Fsp3) is 0.292. The third kappa shape index (κ3) is 2.73. The molecular weight excluding hydrogens is 435 g/mol. The number of nitrogens with zero attached hydrogens (tertiary/aromatic N) is 1. The molecule has 156 valence electrons. The summed E-state index contributed by atoms with van der Waals surface area (Å²) in [4.78, 5) is 40.3. The van der Waals surface area contributed by atoms with Crippen LogP contribution in [0.2, 0.25) is 10.0 Å². The molecule has 7 heteroatoms. The normalized spacial score (nSPS) is 32.1. The van der Waals surface area contributed by atoms with Gasteiger partial charge in [0.25, 0.3) is 5.91 Å². The standard InChI is InChI=1S/C24H18Cl2N2O3/c25-17-2-1-3-18(21(17)26)27-22(29)11-4-6-12(7-5-11)28-23(30)19-13-8-9-14(16-10-15(13)16)20(19)24(28)31/h1-9,13-16,19-20H,10H2,(H,27,29)/t13-,14-,15-,16-,19+,20+/m0/s1. The van der Waals surface area contributed by atoms with Crippen molar-refractivity contribution in [1.29, 1.82) is 0 Å². The highest BCUT2D eigenvalue weighted by atomic mass is 35.5. The molecule has 1 heterocycles. The number of hydrogen-bond donors (Lipinski definition) is 1. The number of imide groups is 1. The van der Waals surface area contributed by atoms with Crippen molar-refractivity contribution in [1.82, 2.24) is 0 Å². The number of nitrogens with one attached hydrogen (secondary N) is 1. The van der Waals surface area contributed by atoms with E-state index in [9.17, 15) is 14.4 Å². The SMILES string of the molecule is O=C(Nc1cccc(Cl)c1Cl)c1ccc(N2C(=O)[C@@H]3[C@H]4C=C[C@@H]([C@@H]5C[C@@H]45)[C@H]3C2=O)cc1. The van der Waals surface area contributed by atoms with Crippen LogP contribution < -0.4 is 10.2 Å². The van der Waals surface area contributed by atoms with E-state index in [1.807, 2.05) is 0 Å². The Bertz CT molecular complexity index is 1140. The Morgan fingerprint density at radius 2 is 1.52 bits per heavy atom. The molecule has 0 aromatic heterocycles. The molecule has 2 aromatic rings. The maximum absolute atomic E-state index is 13.2. The maximum atomic E-state index is 13.2. The van der Waals surface area contributed by atoms with Crippen LogP contribution in [-0.2, 0) is 9.59 Å². The highest BCUT2D eigenvalue weighted by Crippen LogP contribution is 2.65. The number of anilines is 2. The Morgan fingerprint density at radius 3 is 2.13 bits per heavy atom. The minimum absolute atomic E-state index is 0.109. The van der Waals surface area contributed by atoms with Gasteiger partial charge in [0.2, 0.25) is 11.8 Å². The molecule has 3 amide bonds. The predicted octanol–water partition coefficient (Wildman–Crippen LogP) is 4.80. The van der Waals surface area contributed by atoms with Crippen LogP contribution in [0.1, 0.15) is 16.8 Å². The molecule has 0 radical (unpaired) electrons. The molecule has 2 aromatic carbocycles. The fourth-order valence-electron chi connectivity index (χ4n) is 5.77. The van der Waals surface area contributed by atoms with E-state index in [2.05, 4.69) is 17.5 Å². The van der Waals surface area contributed by atoms with Crippen molar-refractivity contribution in [2.45, 2.75) is 6.42 Å². The Balaban J connectivity index is 1.24. The lowest BCUT2D eigenvalue weighted by Crippen LogP contribution is -2.40. The summed E-state index contributed by atoms with van der Waals surface area (Å²) in [5.74, 6) is 0.465. The Labute approximate surface area is 189 Å². The van der Waals surface area contributed by atoms with Crippen molar-refractivity contribution in [3.8, 4) is 0 Å². The minimum atomic E-state index is -0.356. The highest BCUT2D eigenvalue weighted by molar-refractivity contribution is 6.44. The van der Waals surface area contributed by atoms with Crippen molar-refractivity contribution >= 4 is 52.3 Å². The zero-order valence-electron chi connectivity index (χ0n) is 16.3. The molecule has 7 rings (SSSR count). The topological polar surface area (TPSA) is 66.5 Å². The number of allylic oxidation sites excluding steroid dienone is 2. The number of halogens is 2. The fourth-order valence-corrected chi connectivity index (χ4v) is 6.12. The van der Waals surface area contributed by atoms with Gasteiger partial charge in [0, 0.05) is 5.56 Å². The first kappa shape index (κ1) is 19.1. The number of carbonyl (C=O) groups is 3. The predicted molar refractivity (Wildman–Crippen MR) is 118 cm³/mol. The third-order valence-corrected chi connectivity index (χ3v) is 8.07. The summed E-state index contributed by atoms with van der Waals surface area (Å²) in [6, 6.07) is 11.5. The van der Waals surface area contributed by atoms with E-state index >= 15 is 0 Å². The first-order valence-electron chi connectivity index (χ1n) is 10.4. The third-order valence-electron chi connectivity index (χ3n) is 7.25. The number of hydrogen-bond acceptors (Lipinski definition) is 3. The second-order valence-electron chi connectivity index (χ2n) is 8.77. The zero-order chi connectivity index (χ0) is 21.4. The van der Waals surface area contributed by atoms with E-state index in [-0.39, 0.29) is 46.4 Å². The second-order valence-corrected chi connectivity index (χ2v) is 9.55. The van der Waals surface area contributed by atoms with Gasteiger partial charge in [-0.3, -0.25) is 19.3 Å². The summed E-state index contributed by atoms with van der Waals surface area (Å²) in [5, 5.41) is 3.35. The molecule has 3 fully saturated rings. The van der Waals surface area contributed by atoms with Crippen LogP contribution in [-0.4, -0.2) is 17.7 Å². The molecule has 5 nitrogen and oxygen atoms in total. The molecule has 0 unspecified atom stereocenters. The quantitative estimate of drug-likeness (QED) is 0.536. The van der Waals surface area contributed by atoms with E-state index in [1.54, 1.807) is 42.5 Å². The molecule has 4 aliphatic carbocycles. The van der Waals surface area contributed by atoms with Gasteiger partial charge < -0.3 is 5.32 Å². The van der Waals surface area contributed by atoms with E-state index in [1.165, 1.54) is 4.90 Å². The summed E-state index contributed by atoms with van der Waals surface area (Å²) >= 11 is 12.1. The summed E-state index contributed by atoms with van der Waals surface area (Å²) in [5.41, 5.74) is 1.31. The van der Waals surface area contributed by atoms with Crippen LogP contribution >= 0.6 is 23.2 Å². The molecule has 1 saturated heterocycles. The number of amides is 3. The average molecular weight is 453 g/mol. The molecule has 1 N–H and O–H groups in total. The van der Waals surface area contributed by atoms with E-state index in [0.717, 1.165) is 6.42 Å². The van der Waals surface area contributed by atoms with Crippen molar-refractivity contribution in [3.05, 3.63) is 70.2 Å². The molecule has 2 saturated carbocycles. The van der Waals surface area contributed by atoms with E-state index < -0.39 is 0 Å². The number of carbonyl (C=O) groups excluding carboxylic acids is 3. The first-order valence-corrected chi connectivity index (χ1v) is 11.1. The van der Waals surface area contributed by atoms with Crippen molar-refractivity contribution < 1.29 is 14.4 Å². The van der Waals surface area contributed by atoms with Gasteiger partial charge in [-0.2, -0.15) is 0 Å². The summed E-state index contributed by atoms with van der Waals surface area (Å²) in [7, 11) is 0. The molecule has 6 atom stereocenters. The van der Waals surface area contributed by atoms with E-state index in [4.69, 9.17) is 23.2 Å². The van der Waals surface area contributed by atoms with Crippen LogP contribution in [0.15, 0.2) is 54.6 Å². The first-order chi connectivity index (χ1) is 15.0. The zero-order valence-corrected chi connectivity index (χ0v) is 17.8. The molecular formula is C24H18Cl2N2O3. The van der Waals surface area contributed by atoms with Gasteiger partial charge in [-0.15, -0.1) is 0 Å². The minimum Gasteiger partial charge on any atom is -0.321 e. The molecule has 5 aliphatic rings.